The van der Waals surface area contributed by atoms with Crippen molar-refractivity contribution in [3.8, 4) is 0 Å². The predicted molar refractivity (Wildman–Crippen MR) is 36.1 cm³/mol. The molecular formula is C5H8NaO6P. The molecule has 0 amide bonds. The van der Waals surface area contributed by atoms with Crippen LogP contribution in [0.2, 0.25) is 0 Å². The third-order valence-corrected chi connectivity index (χ3v) is 3.21. The Balaban J connectivity index is 0. The van der Waals surface area contributed by atoms with Crippen LogP contribution >= 0.6 is 7.60 Å². The minimum atomic E-state index is -4.85. The van der Waals surface area contributed by atoms with E-state index in [0.29, 0.717) is 0 Å². The minimum absolute atomic E-state index is 0. The molecule has 0 radical (unpaired) electrons. The summed E-state index contributed by atoms with van der Waals surface area (Å²) in [6.07, 6.45) is -0.630. The van der Waals surface area contributed by atoms with Crippen molar-refractivity contribution in [2.45, 2.75) is 18.5 Å². The first-order chi connectivity index (χ1) is 5.25. The summed E-state index contributed by atoms with van der Waals surface area (Å²) in [7, 11) is -4.85. The third-order valence-electron chi connectivity index (χ3n) is 1.56. The van der Waals surface area contributed by atoms with Crippen LogP contribution in [0.4, 0.5) is 0 Å². The van der Waals surface area contributed by atoms with Crippen LogP contribution < -0.4 is 34.7 Å². The normalized spacial score (nSPS) is 15.3. The van der Waals surface area contributed by atoms with Crippen molar-refractivity contribution in [1.82, 2.24) is 0 Å². The molecule has 0 saturated carbocycles. The zero-order chi connectivity index (χ0) is 9.99. The second-order valence-electron chi connectivity index (χ2n) is 2.48. The van der Waals surface area contributed by atoms with Gasteiger partial charge in [-0.05, 0) is 6.92 Å². The molecule has 0 aliphatic carbocycles. The number of aldehydes is 1. The minimum Gasteiger partial charge on any atom is -0.549 e. The number of hydrogen-bond acceptors (Lipinski definition) is 4. The molecular weight excluding hydrogens is 210 g/mol. The van der Waals surface area contributed by atoms with E-state index in [4.69, 9.17) is 9.79 Å². The maximum absolute atomic E-state index is 10.6. The average Bonchev–Trinajstić information content (AvgIpc) is 1.85. The average molecular weight is 218 g/mol. The zero-order valence-corrected chi connectivity index (χ0v) is 10.2. The molecule has 0 rings (SSSR count). The first-order valence-electron chi connectivity index (χ1n) is 2.96. The molecule has 0 bridgehead atoms. The molecule has 0 aromatic rings. The first kappa shape index (κ1) is 15.7. The van der Waals surface area contributed by atoms with E-state index >= 15 is 0 Å². The van der Waals surface area contributed by atoms with Gasteiger partial charge < -0.3 is 24.5 Å². The van der Waals surface area contributed by atoms with Gasteiger partial charge in [0, 0.05) is 6.42 Å². The van der Waals surface area contributed by atoms with Crippen LogP contribution in [0.5, 0.6) is 0 Å². The Hall–Kier alpha value is 0.290. The SMILES string of the molecule is CC(CC=O)(C(=O)[O-])P(=O)(O)O.[Na+]. The van der Waals surface area contributed by atoms with Crippen molar-refractivity contribution in [1.29, 1.82) is 0 Å². The van der Waals surface area contributed by atoms with Crippen molar-refractivity contribution in [2.24, 2.45) is 0 Å². The van der Waals surface area contributed by atoms with Gasteiger partial charge in [0.15, 0.2) is 0 Å². The van der Waals surface area contributed by atoms with E-state index in [9.17, 15) is 19.3 Å². The van der Waals surface area contributed by atoms with Gasteiger partial charge in [-0.15, -0.1) is 0 Å². The maximum Gasteiger partial charge on any atom is 1.00 e. The molecule has 0 aliphatic heterocycles. The monoisotopic (exact) mass is 218 g/mol. The van der Waals surface area contributed by atoms with E-state index in [1.807, 2.05) is 0 Å². The number of carboxylic acids is 1. The van der Waals surface area contributed by atoms with Crippen LogP contribution in [0.15, 0.2) is 0 Å². The fourth-order valence-corrected chi connectivity index (χ4v) is 1.03. The Bertz CT molecular complexity index is 247. The van der Waals surface area contributed by atoms with Gasteiger partial charge in [-0.2, -0.15) is 0 Å². The number of carboxylic acid groups (broad SMARTS) is 1. The van der Waals surface area contributed by atoms with Gasteiger partial charge in [-0.1, -0.05) is 0 Å². The second kappa shape index (κ2) is 5.24. The molecule has 13 heavy (non-hydrogen) atoms. The molecule has 0 aliphatic rings. The third kappa shape index (κ3) is 3.50. The summed E-state index contributed by atoms with van der Waals surface area (Å²) in [5, 5.41) is 7.89. The van der Waals surface area contributed by atoms with Crippen LogP contribution in [0.25, 0.3) is 0 Å². The first-order valence-corrected chi connectivity index (χ1v) is 4.57. The van der Waals surface area contributed by atoms with Crippen molar-refractivity contribution >= 4 is 19.9 Å². The molecule has 0 aromatic heterocycles. The van der Waals surface area contributed by atoms with Crippen LogP contribution in [0.1, 0.15) is 13.3 Å². The molecule has 2 N–H and O–H groups in total. The van der Waals surface area contributed by atoms with Crippen LogP contribution in [0, 0.1) is 0 Å². The van der Waals surface area contributed by atoms with E-state index in [2.05, 4.69) is 0 Å². The molecule has 0 fully saturated rings. The van der Waals surface area contributed by atoms with Gasteiger partial charge in [-0.3, -0.25) is 4.57 Å². The molecule has 8 heteroatoms. The topological polar surface area (TPSA) is 115 Å². The molecule has 0 spiro atoms. The van der Waals surface area contributed by atoms with E-state index < -0.39 is 25.1 Å². The Morgan fingerprint density at radius 2 is 2.00 bits per heavy atom. The largest absolute Gasteiger partial charge is 1.00 e. The van der Waals surface area contributed by atoms with Gasteiger partial charge in [0.25, 0.3) is 0 Å². The van der Waals surface area contributed by atoms with Crippen molar-refractivity contribution in [2.75, 3.05) is 0 Å². The van der Waals surface area contributed by atoms with Gasteiger partial charge >= 0.3 is 37.2 Å². The quantitative estimate of drug-likeness (QED) is 0.278. The summed E-state index contributed by atoms with van der Waals surface area (Å²) < 4.78 is 10.6. The van der Waals surface area contributed by atoms with Gasteiger partial charge in [-0.25, -0.2) is 0 Å². The van der Waals surface area contributed by atoms with Gasteiger partial charge in [0.2, 0.25) is 0 Å². The van der Waals surface area contributed by atoms with Crippen molar-refractivity contribution < 1.29 is 58.6 Å². The van der Waals surface area contributed by atoms with E-state index in [0.717, 1.165) is 6.92 Å². The molecule has 0 saturated heterocycles. The molecule has 1 atom stereocenters. The summed E-state index contributed by atoms with van der Waals surface area (Å²) in [5.74, 6) is -1.93. The predicted octanol–water partition coefficient (Wildman–Crippen LogP) is -4.73. The summed E-state index contributed by atoms with van der Waals surface area (Å²) in [4.78, 5) is 37.4. The van der Waals surface area contributed by atoms with Crippen molar-refractivity contribution in [3.63, 3.8) is 0 Å². The molecule has 6 nitrogen and oxygen atoms in total. The number of aliphatic carboxylic acids is 1. The number of rotatable bonds is 4. The number of carbonyl (C=O) groups excluding carboxylic acids is 2. The summed E-state index contributed by atoms with van der Waals surface area (Å²) in [6, 6.07) is 0. The fraction of sp³-hybridized carbons (Fsp3) is 0.600. The van der Waals surface area contributed by atoms with Crippen LogP contribution in [-0.2, 0) is 14.2 Å². The van der Waals surface area contributed by atoms with E-state index in [-0.39, 0.29) is 35.8 Å². The maximum atomic E-state index is 10.6. The Labute approximate surface area is 96.8 Å². The number of hydrogen-bond donors (Lipinski definition) is 2. The second-order valence-corrected chi connectivity index (χ2v) is 4.55. The van der Waals surface area contributed by atoms with E-state index in [1.165, 1.54) is 0 Å². The summed E-state index contributed by atoms with van der Waals surface area (Å²) >= 11 is 0. The smallest absolute Gasteiger partial charge is 0.549 e. The molecule has 1 unspecified atom stereocenters. The molecule has 0 heterocycles. The fourth-order valence-electron chi connectivity index (χ4n) is 0.483. The number of carbonyl (C=O) groups is 2. The van der Waals surface area contributed by atoms with Crippen LogP contribution in [-0.4, -0.2) is 27.2 Å². The Morgan fingerprint density at radius 3 is 2.08 bits per heavy atom. The molecule has 0 aromatic carbocycles. The standard InChI is InChI=1S/C5H9O6P.Na/c1-5(2-3-6,4(7)8)12(9,10)11;/h3H,2H2,1H3,(H,7,8)(H2,9,10,11);/q;+1/p-1. The van der Waals surface area contributed by atoms with Gasteiger partial charge in [0.1, 0.15) is 11.4 Å². The Kier molecular flexibility index (Phi) is 6.35. The summed E-state index contributed by atoms with van der Waals surface area (Å²) in [5.41, 5.74) is 0. The Morgan fingerprint density at radius 1 is 1.62 bits per heavy atom. The van der Waals surface area contributed by atoms with Crippen LogP contribution in [0.3, 0.4) is 0 Å². The summed E-state index contributed by atoms with van der Waals surface area (Å²) in [6.45, 7) is 0.775. The zero-order valence-electron chi connectivity index (χ0n) is 7.26. The molecule has 70 valence electrons. The van der Waals surface area contributed by atoms with E-state index in [1.54, 1.807) is 0 Å². The van der Waals surface area contributed by atoms with Crippen molar-refractivity contribution in [3.05, 3.63) is 0 Å². The van der Waals surface area contributed by atoms with Gasteiger partial charge in [0.05, 0.1) is 5.97 Å².